The second kappa shape index (κ2) is 6.20. The number of hydrogen-bond donors (Lipinski definition) is 2. The highest BCUT2D eigenvalue weighted by Gasteiger charge is 2.44. The van der Waals surface area contributed by atoms with Crippen LogP contribution in [0.2, 0.25) is 0 Å². The number of urea groups is 1. The average Bonchev–Trinajstić information content (AvgIpc) is 3.32. The Morgan fingerprint density at radius 3 is 2.68 bits per heavy atom. The fourth-order valence-corrected chi connectivity index (χ4v) is 3.23. The summed E-state index contributed by atoms with van der Waals surface area (Å²) in [6, 6.07) is 15.7. The van der Waals surface area contributed by atoms with E-state index in [1.165, 1.54) is 5.56 Å². The van der Waals surface area contributed by atoms with E-state index in [1.807, 2.05) is 53.9 Å². The monoisotopic (exact) mass is 335 g/mol. The summed E-state index contributed by atoms with van der Waals surface area (Å²) in [5, 5.41) is 14.3. The highest BCUT2D eigenvalue weighted by molar-refractivity contribution is 5.74. The van der Waals surface area contributed by atoms with Crippen molar-refractivity contribution in [2.24, 2.45) is 0 Å². The number of hydrogen-bond acceptors (Lipinski definition) is 3. The molecular weight excluding hydrogens is 314 g/mol. The van der Waals surface area contributed by atoms with Gasteiger partial charge in [0.15, 0.2) is 11.5 Å². The van der Waals surface area contributed by atoms with Crippen LogP contribution in [0.5, 0.6) is 0 Å². The molecule has 1 fully saturated rings. The van der Waals surface area contributed by atoms with Crippen molar-refractivity contribution in [1.82, 2.24) is 25.2 Å². The second-order valence-corrected chi connectivity index (χ2v) is 6.68. The molecular formula is C19H21N5O. The van der Waals surface area contributed by atoms with E-state index in [9.17, 15) is 4.79 Å². The molecule has 1 aromatic carbocycles. The number of nitrogens with zero attached hydrogens (tertiary/aromatic N) is 3. The normalized spacial score (nSPS) is 16.4. The predicted molar refractivity (Wildman–Crippen MR) is 95.3 cm³/mol. The number of carbonyl (C=O) groups excluding carboxylic acids is 1. The zero-order valence-electron chi connectivity index (χ0n) is 14.1. The van der Waals surface area contributed by atoms with Crippen LogP contribution in [0, 0.1) is 0 Å². The van der Waals surface area contributed by atoms with Crippen molar-refractivity contribution in [3.63, 3.8) is 0 Å². The van der Waals surface area contributed by atoms with Crippen molar-refractivity contribution >= 4 is 11.7 Å². The standard InChI is InChI=1S/C19H21N5O/c1-14(17-23-22-16-9-5-6-12-24(16)17)21-18(25)20-13-19(10-11-19)15-7-3-2-4-8-15/h2-9,12,14H,10-11,13H2,1H3,(H2,20,21,25). The van der Waals surface area contributed by atoms with Crippen LogP contribution in [0.15, 0.2) is 54.7 Å². The molecule has 128 valence electrons. The second-order valence-electron chi connectivity index (χ2n) is 6.68. The fourth-order valence-electron chi connectivity index (χ4n) is 3.23. The molecule has 1 unspecified atom stereocenters. The summed E-state index contributed by atoms with van der Waals surface area (Å²) < 4.78 is 1.89. The first-order chi connectivity index (χ1) is 12.2. The van der Waals surface area contributed by atoms with Gasteiger partial charge in [0, 0.05) is 18.2 Å². The van der Waals surface area contributed by atoms with Crippen LogP contribution in [0.4, 0.5) is 4.79 Å². The lowest BCUT2D eigenvalue weighted by Crippen LogP contribution is -2.41. The highest BCUT2D eigenvalue weighted by atomic mass is 16.2. The van der Waals surface area contributed by atoms with Crippen LogP contribution in [-0.4, -0.2) is 27.2 Å². The van der Waals surface area contributed by atoms with E-state index in [0.717, 1.165) is 24.3 Å². The molecule has 1 aliphatic carbocycles. The largest absolute Gasteiger partial charge is 0.337 e. The minimum Gasteiger partial charge on any atom is -0.337 e. The van der Waals surface area contributed by atoms with Crippen LogP contribution in [0.1, 0.15) is 37.2 Å². The van der Waals surface area contributed by atoms with Gasteiger partial charge in [0.25, 0.3) is 0 Å². The van der Waals surface area contributed by atoms with Crippen LogP contribution < -0.4 is 10.6 Å². The Labute approximate surface area is 146 Å². The minimum atomic E-state index is -0.232. The van der Waals surface area contributed by atoms with E-state index in [4.69, 9.17) is 0 Å². The molecule has 25 heavy (non-hydrogen) atoms. The molecule has 0 saturated heterocycles. The van der Waals surface area contributed by atoms with Crippen LogP contribution in [0.3, 0.4) is 0 Å². The summed E-state index contributed by atoms with van der Waals surface area (Å²) in [6.45, 7) is 2.56. The van der Waals surface area contributed by atoms with Gasteiger partial charge < -0.3 is 10.6 Å². The number of nitrogens with one attached hydrogen (secondary N) is 2. The molecule has 6 heteroatoms. The molecule has 2 amide bonds. The van der Waals surface area contributed by atoms with Crippen LogP contribution >= 0.6 is 0 Å². The lowest BCUT2D eigenvalue weighted by molar-refractivity contribution is 0.236. The van der Waals surface area contributed by atoms with Gasteiger partial charge in [-0.25, -0.2) is 4.79 Å². The molecule has 1 atom stereocenters. The van der Waals surface area contributed by atoms with Crippen molar-refractivity contribution in [2.45, 2.75) is 31.2 Å². The highest BCUT2D eigenvalue weighted by Crippen LogP contribution is 2.47. The first kappa shape index (κ1) is 15.6. The number of carbonyl (C=O) groups is 1. The average molecular weight is 335 g/mol. The van der Waals surface area contributed by atoms with Gasteiger partial charge in [-0.3, -0.25) is 4.40 Å². The number of rotatable bonds is 5. The van der Waals surface area contributed by atoms with Crippen LogP contribution in [-0.2, 0) is 5.41 Å². The van der Waals surface area contributed by atoms with Gasteiger partial charge >= 0.3 is 6.03 Å². The lowest BCUT2D eigenvalue weighted by atomic mass is 9.96. The first-order valence-electron chi connectivity index (χ1n) is 8.58. The third-order valence-corrected chi connectivity index (χ3v) is 4.90. The number of amides is 2. The van der Waals surface area contributed by atoms with E-state index in [0.29, 0.717) is 6.54 Å². The summed E-state index contributed by atoms with van der Waals surface area (Å²) in [5.41, 5.74) is 2.17. The molecule has 3 aromatic rings. The predicted octanol–water partition coefficient (Wildman–Crippen LogP) is 2.82. The number of pyridine rings is 1. The molecule has 2 N–H and O–H groups in total. The van der Waals surface area contributed by atoms with Crippen molar-refractivity contribution in [3.8, 4) is 0 Å². The minimum absolute atomic E-state index is 0.101. The topological polar surface area (TPSA) is 71.3 Å². The number of aromatic nitrogens is 3. The summed E-state index contributed by atoms with van der Waals surface area (Å²) in [7, 11) is 0. The van der Waals surface area contributed by atoms with Crippen molar-refractivity contribution < 1.29 is 4.79 Å². The molecule has 1 aliphatic rings. The van der Waals surface area contributed by atoms with Crippen LogP contribution in [0.25, 0.3) is 5.65 Å². The Balaban J connectivity index is 1.38. The molecule has 0 bridgehead atoms. The summed E-state index contributed by atoms with van der Waals surface area (Å²) in [6.07, 6.45) is 4.12. The third-order valence-electron chi connectivity index (χ3n) is 4.90. The zero-order valence-corrected chi connectivity index (χ0v) is 14.1. The Morgan fingerprint density at radius 1 is 1.16 bits per heavy atom. The summed E-state index contributed by atoms with van der Waals surface area (Å²) >= 11 is 0. The maximum Gasteiger partial charge on any atom is 0.315 e. The van der Waals surface area contributed by atoms with Crippen molar-refractivity contribution in [2.75, 3.05) is 6.54 Å². The van der Waals surface area contributed by atoms with E-state index in [2.05, 4.69) is 33.0 Å². The number of fused-ring (bicyclic) bond motifs is 1. The van der Waals surface area contributed by atoms with Gasteiger partial charge in [0.2, 0.25) is 0 Å². The van der Waals surface area contributed by atoms with E-state index >= 15 is 0 Å². The van der Waals surface area contributed by atoms with Gasteiger partial charge in [0.05, 0.1) is 6.04 Å². The van der Waals surface area contributed by atoms with Gasteiger partial charge in [0.1, 0.15) is 0 Å². The van der Waals surface area contributed by atoms with Gasteiger partial charge in [-0.05, 0) is 37.5 Å². The van der Waals surface area contributed by atoms with Gasteiger partial charge in [-0.15, -0.1) is 10.2 Å². The van der Waals surface area contributed by atoms with E-state index in [1.54, 1.807) is 0 Å². The van der Waals surface area contributed by atoms with Gasteiger partial charge in [-0.2, -0.15) is 0 Å². The maximum absolute atomic E-state index is 12.3. The van der Waals surface area contributed by atoms with E-state index in [-0.39, 0.29) is 17.5 Å². The quantitative estimate of drug-likeness (QED) is 0.753. The third kappa shape index (κ3) is 3.07. The fraction of sp³-hybridized carbons (Fsp3) is 0.316. The summed E-state index contributed by atoms with van der Waals surface area (Å²) in [5.74, 6) is 0.718. The van der Waals surface area contributed by atoms with Crippen molar-refractivity contribution in [3.05, 3.63) is 66.1 Å². The smallest absolute Gasteiger partial charge is 0.315 e. The maximum atomic E-state index is 12.3. The Morgan fingerprint density at radius 2 is 1.92 bits per heavy atom. The molecule has 2 aromatic heterocycles. The zero-order chi connectivity index (χ0) is 17.3. The molecule has 0 radical (unpaired) electrons. The van der Waals surface area contributed by atoms with Crippen molar-refractivity contribution in [1.29, 1.82) is 0 Å². The Hall–Kier alpha value is -2.89. The Kier molecular flexibility index (Phi) is 3.87. The molecule has 4 rings (SSSR count). The molecule has 0 spiro atoms. The summed E-state index contributed by atoms with van der Waals surface area (Å²) in [4.78, 5) is 12.3. The molecule has 6 nitrogen and oxygen atoms in total. The number of benzene rings is 1. The SMILES string of the molecule is CC(NC(=O)NCC1(c2ccccc2)CC1)c1nnc2ccccn12. The van der Waals surface area contributed by atoms with Gasteiger partial charge in [-0.1, -0.05) is 36.4 Å². The molecule has 1 saturated carbocycles. The Bertz CT molecular complexity index is 885. The van der Waals surface area contributed by atoms with E-state index < -0.39 is 0 Å². The molecule has 2 heterocycles. The lowest BCUT2D eigenvalue weighted by Gasteiger charge is -2.18. The molecule has 0 aliphatic heterocycles. The first-order valence-corrected chi connectivity index (χ1v) is 8.58.